The van der Waals surface area contributed by atoms with Crippen molar-refractivity contribution in [1.29, 1.82) is 0 Å². The van der Waals surface area contributed by atoms with E-state index in [2.05, 4.69) is 0 Å². The molecule has 3 aromatic rings. The fourth-order valence-corrected chi connectivity index (χ4v) is 4.18. The van der Waals surface area contributed by atoms with Crippen molar-refractivity contribution in [1.82, 2.24) is 4.31 Å². The Hall–Kier alpha value is -2.63. The standard InChI is InChI=1S/C23H25NO3S/c25-28(26,19-18-27-23-14-8-3-9-15-23)24(20-22-12-6-2-7-13-22)17-16-21-10-4-1-5-11-21/h1-15H,16-20H2. The van der Waals surface area contributed by atoms with Crippen LogP contribution in [-0.2, 0) is 23.0 Å². The smallest absolute Gasteiger partial charge is 0.217 e. The Morgan fingerprint density at radius 2 is 1.25 bits per heavy atom. The lowest BCUT2D eigenvalue weighted by atomic mass is 10.1. The zero-order valence-corrected chi connectivity index (χ0v) is 16.6. The lowest BCUT2D eigenvalue weighted by molar-refractivity contribution is 0.333. The fourth-order valence-electron chi connectivity index (χ4n) is 2.91. The average Bonchev–Trinajstić information content (AvgIpc) is 2.73. The highest BCUT2D eigenvalue weighted by Gasteiger charge is 2.22. The summed E-state index contributed by atoms with van der Waals surface area (Å²) in [6, 6.07) is 28.9. The third kappa shape index (κ3) is 6.22. The van der Waals surface area contributed by atoms with Crippen LogP contribution in [0.2, 0.25) is 0 Å². The van der Waals surface area contributed by atoms with Crippen LogP contribution in [0.25, 0.3) is 0 Å². The van der Waals surface area contributed by atoms with Gasteiger partial charge in [0.25, 0.3) is 0 Å². The van der Waals surface area contributed by atoms with Gasteiger partial charge in [-0.25, -0.2) is 8.42 Å². The summed E-state index contributed by atoms with van der Waals surface area (Å²) < 4.78 is 33.1. The van der Waals surface area contributed by atoms with Gasteiger partial charge in [-0.05, 0) is 29.7 Å². The highest BCUT2D eigenvalue weighted by atomic mass is 32.2. The van der Waals surface area contributed by atoms with Crippen LogP contribution in [0.5, 0.6) is 5.75 Å². The molecule has 0 saturated heterocycles. The lowest BCUT2D eigenvalue weighted by Crippen LogP contribution is -2.36. The van der Waals surface area contributed by atoms with Crippen molar-refractivity contribution in [3.8, 4) is 5.75 Å². The fraction of sp³-hybridized carbons (Fsp3) is 0.217. The Bertz CT molecular complexity index is 929. The Kier molecular flexibility index (Phi) is 7.23. The minimum atomic E-state index is -3.45. The quantitative estimate of drug-likeness (QED) is 0.518. The molecule has 0 saturated carbocycles. The molecule has 3 aromatic carbocycles. The molecule has 0 unspecified atom stereocenters. The number of hydrogen-bond acceptors (Lipinski definition) is 3. The van der Waals surface area contributed by atoms with Gasteiger partial charge in [-0.3, -0.25) is 0 Å². The van der Waals surface area contributed by atoms with Crippen LogP contribution in [0.4, 0.5) is 0 Å². The van der Waals surface area contributed by atoms with E-state index >= 15 is 0 Å². The molecule has 0 spiro atoms. The Labute approximate surface area is 167 Å². The number of para-hydroxylation sites is 1. The summed E-state index contributed by atoms with van der Waals surface area (Å²) in [6.45, 7) is 0.927. The molecule has 0 N–H and O–H groups in total. The molecule has 0 aromatic heterocycles. The van der Waals surface area contributed by atoms with E-state index in [9.17, 15) is 8.42 Å². The van der Waals surface area contributed by atoms with Gasteiger partial charge in [0, 0.05) is 13.1 Å². The minimum absolute atomic E-state index is 0.0521. The molecule has 4 nitrogen and oxygen atoms in total. The van der Waals surface area contributed by atoms with Crippen LogP contribution in [0.3, 0.4) is 0 Å². The maximum atomic E-state index is 13.0. The second kappa shape index (κ2) is 10.1. The van der Waals surface area contributed by atoms with E-state index in [0.29, 0.717) is 25.3 Å². The predicted octanol–water partition coefficient (Wildman–Crippen LogP) is 4.14. The van der Waals surface area contributed by atoms with E-state index in [1.165, 1.54) is 0 Å². The number of hydrogen-bond donors (Lipinski definition) is 0. The number of rotatable bonds is 10. The van der Waals surface area contributed by atoms with Gasteiger partial charge < -0.3 is 4.74 Å². The summed E-state index contributed by atoms with van der Waals surface area (Å²) in [5, 5.41) is 0. The SMILES string of the molecule is O=S(=O)(CCOc1ccccc1)N(CCc1ccccc1)Cc1ccccc1. The van der Waals surface area contributed by atoms with E-state index in [1.54, 1.807) is 4.31 Å². The first-order valence-electron chi connectivity index (χ1n) is 9.37. The topological polar surface area (TPSA) is 46.6 Å². The number of nitrogens with zero attached hydrogens (tertiary/aromatic N) is 1. The lowest BCUT2D eigenvalue weighted by Gasteiger charge is -2.22. The normalized spacial score (nSPS) is 11.5. The van der Waals surface area contributed by atoms with Crippen LogP contribution in [0, 0.1) is 0 Å². The summed E-state index contributed by atoms with van der Waals surface area (Å²) >= 11 is 0. The zero-order chi connectivity index (χ0) is 19.7. The highest BCUT2D eigenvalue weighted by Crippen LogP contribution is 2.13. The van der Waals surface area contributed by atoms with Gasteiger partial charge in [-0.2, -0.15) is 4.31 Å². The van der Waals surface area contributed by atoms with Crippen molar-refractivity contribution in [2.75, 3.05) is 18.9 Å². The van der Waals surface area contributed by atoms with Gasteiger partial charge in [0.1, 0.15) is 12.4 Å². The molecule has 0 aliphatic rings. The van der Waals surface area contributed by atoms with Crippen molar-refractivity contribution in [3.05, 3.63) is 102 Å². The van der Waals surface area contributed by atoms with E-state index in [0.717, 1.165) is 11.1 Å². The monoisotopic (exact) mass is 395 g/mol. The molecule has 146 valence electrons. The summed E-state index contributed by atoms with van der Waals surface area (Å²) in [6.07, 6.45) is 0.673. The van der Waals surface area contributed by atoms with Crippen molar-refractivity contribution in [2.24, 2.45) is 0 Å². The third-order valence-electron chi connectivity index (χ3n) is 4.44. The maximum absolute atomic E-state index is 13.0. The van der Waals surface area contributed by atoms with E-state index in [1.807, 2.05) is 91.0 Å². The molecule has 5 heteroatoms. The predicted molar refractivity (Wildman–Crippen MR) is 113 cm³/mol. The number of benzene rings is 3. The molecule has 0 radical (unpaired) electrons. The zero-order valence-electron chi connectivity index (χ0n) is 15.8. The van der Waals surface area contributed by atoms with Crippen LogP contribution in [0.15, 0.2) is 91.0 Å². The Balaban J connectivity index is 1.66. The average molecular weight is 396 g/mol. The molecule has 0 aliphatic heterocycles. The summed E-state index contributed by atoms with van der Waals surface area (Å²) in [4.78, 5) is 0. The van der Waals surface area contributed by atoms with Crippen molar-refractivity contribution >= 4 is 10.0 Å². The second-order valence-corrected chi connectivity index (χ2v) is 8.62. The maximum Gasteiger partial charge on any atom is 0.217 e. The number of sulfonamides is 1. The van der Waals surface area contributed by atoms with Gasteiger partial charge >= 0.3 is 0 Å². The molecule has 0 fully saturated rings. The largest absolute Gasteiger partial charge is 0.492 e. The molecule has 3 rings (SSSR count). The molecule has 28 heavy (non-hydrogen) atoms. The van der Waals surface area contributed by atoms with E-state index < -0.39 is 10.0 Å². The van der Waals surface area contributed by atoms with Gasteiger partial charge in [-0.1, -0.05) is 78.9 Å². The van der Waals surface area contributed by atoms with Crippen LogP contribution < -0.4 is 4.74 Å². The van der Waals surface area contributed by atoms with Gasteiger partial charge in [0.05, 0.1) is 5.75 Å². The van der Waals surface area contributed by atoms with E-state index in [4.69, 9.17) is 4.74 Å². The Morgan fingerprint density at radius 1 is 0.714 bits per heavy atom. The molecule has 0 atom stereocenters. The van der Waals surface area contributed by atoms with E-state index in [-0.39, 0.29) is 12.4 Å². The van der Waals surface area contributed by atoms with Crippen LogP contribution in [0.1, 0.15) is 11.1 Å². The van der Waals surface area contributed by atoms with Gasteiger partial charge in [-0.15, -0.1) is 0 Å². The van der Waals surface area contributed by atoms with Crippen LogP contribution in [-0.4, -0.2) is 31.6 Å². The molecule has 0 amide bonds. The second-order valence-electron chi connectivity index (χ2n) is 6.53. The molecular formula is C23H25NO3S. The van der Waals surface area contributed by atoms with Gasteiger partial charge in [0.15, 0.2) is 0 Å². The summed E-state index contributed by atoms with van der Waals surface area (Å²) in [7, 11) is -3.45. The first kappa shape index (κ1) is 20.1. The van der Waals surface area contributed by atoms with Crippen molar-refractivity contribution in [3.63, 3.8) is 0 Å². The Morgan fingerprint density at radius 3 is 1.86 bits per heavy atom. The highest BCUT2D eigenvalue weighted by molar-refractivity contribution is 7.89. The molecule has 0 heterocycles. The first-order valence-corrected chi connectivity index (χ1v) is 11.0. The molecule has 0 aliphatic carbocycles. The number of ether oxygens (including phenoxy) is 1. The summed E-state index contributed by atoms with van der Waals surface area (Å²) in [5.74, 6) is 0.625. The third-order valence-corrected chi connectivity index (χ3v) is 6.22. The van der Waals surface area contributed by atoms with Crippen molar-refractivity contribution < 1.29 is 13.2 Å². The summed E-state index contributed by atoms with van der Waals surface area (Å²) in [5.41, 5.74) is 2.10. The van der Waals surface area contributed by atoms with Crippen molar-refractivity contribution in [2.45, 2.75) is 13.0 Å². The molecule has 0 bridgehead atoms. The van der Waals surface area contributed by atoms with Gasteiger partial charge in [0.2, 0.25) is 10.0 Å². The minimum Gasteiger partial charge on any atom is -0.492 e. The molecular weight excluding hydrogens is 370 g/mol. The first-order chi connectivity index (χ1) is 13.6. The van der Waals surface area contributed by atoms with Crippen LogP contribution >= 0.6 is 0 Å².